The summed E-state index contributed by atoms with van der Waals surface area (Å²) in [5.41, 5.74) is 0. The summed E-state index contributed by atoms with van der Waals surface area (Å²) in [6.45, 7) is 2.38. The Balaban J connectivity index is 1.90. The van der Waals surface area contributed by atoms with Crippen LogP contribution in [0.3, 0.4) is 0 Å². The molecule has 3 fully saturated rings. The average molecular weight is 164 g/mol. The van der Waals surface area contributed by atoms with E-state index in [0.717, 1.165) is 42.4 Å². The standard InChI is InChI=1S/C11H16O/c1-6-2-7-3-9(6)11-5-8(12)4-10(7)11/h6-7,9-11H,2-5H2,1H3/t6-,7?,9?,10-,11+/m0/s1. The van der Waals surface area contributed by atoms with E-state index in [4.69, 9.17) is 0 Å². The quantitative estimate of drug-likeness (QED) is 0.536. The van der Waals surface area contributed by atoms with Crippen LogP contribution in [0.4, 0.5) is 0 Å². The molecule has 0 aromatic heterocycles. The molecule has 66 valence electrons. The monoisotopic (exact) mass is 164 g/mol. The predicted molar refractivity (Wildman–Crippen MR) is 46.6 cm³/mol. The molecule has 3 saturated carbocycles. The summed E-state index contributed by atoms with van der Waals surface area (Å²) < 4.78 is 0. The number of hydrogen-bond donors (Lipinski definition) is 0. The largest absolute Gasteiger partial charge is 0.300 e. The molecule has 0 spiro atoms. The third kappa shape index (κ3) is 0.725. The highest BCUT2D eigenvalue weighted by molar-refractivity contribution is 5.81. The van der Waals surface area contributed by atoms with E-state index in [-0.39, 0.29) is 0 Å². The molecule has 2 unspecified atom stereocenters. The Bertz CT molecular complexity index is 233. The van der Waals surface area contributed by atoms with Crippen LogP contribution in [0.15, 0.2) is 0 Å². The first-order chi connectivity index (χ1) is 5.75. The van der Waals surface area contributed by atoms with Crippen molar-refractivity contribution in [2.45, 2.75) is 32.6 Å². The molecule has 0 radical (unpaired) electrons. The molecule has 12 heavy (non-hydrogen) atoms. The SMILES string of the molecule is C[C@H]1CC2CC1[C@H]1CC(=O)C[C@@H]21. The molecule has 0 aliphatic heterocycles. The normalized spacial score (nSPS) is 56.4. The van der Waals surface area contributed by atoms with Crippen LogP contribution in [0.25, 0.3) is 0 Å². The molecule has 0 amide bonds. The maximum absolute atomic E-state index is 11.3. The molecule has 0 aromatic rings. The van der Waals surface area contributed by atoms with Gasteiger partial charge in [0.1, 0.15) is 5.78 Å². The Morgan fingerprint density at radius 2 is 1.83 bits per heavy atom. The zero-order valence-corrected chi connectivity index (χ0v) is 7.62. The molecule has 0 saturated heterocycles. The molecule has 0 heterocycles. The summed E-state index contributed by atoms with van der Waals surface area (Å²) in [7, 11) is 0. The second-order valence-corrected chi connectivity index (χ2v) is 5.15. The van der Waals surface area contributed by atoms with Crippen molar-refractivity contribution in [1.29, 1.82) is 0 Å². The van der Waals surface area contributed by atoms with Crippen LogP contribution in [0.1, 0.15) is 32.6 Å². The maximum atomic E-state index is 11.3. The molecular formula is C11H16O. The number of Topliss-reactive ketones (excluding diaryl/α,β-unsaturated/α-hetero) is 1. The first kappa shape index (κ1) is 7.11. The van der Waals surface area contributed by atoms with Gasteiger partial charge in [0, 0.05) is 12.8 Å². The van der Waals surface area contributed by atoms with Gasteiger partial charge in [-0.15, -0.1) is 0 Å². The van der Waals surface area contributed by atoms with Crippen LogP contribution >= 0.6 is 0 Å². The molecule has 3 aliphatic rings. The van der Waals surface area contributed by atoms with E-state index in [9.17, 15) is 4.79 Å². The van der Waals surface area contributed by atoms with Gasteiger partial charge in [-0.3, -0.25) is 4.79 Å². The van der Waals surface area contributed by atoms with Crippen molar-refractivity contribution in [1.82, 2.24) is 0 Å². The molecule has 1 heteroatoms. The molecular weight excluding hydrogens is 148 g/mol. The molecule has 2 bridgehead atoms. The first-order valence-electron chi connectivity index (χ1n) is 5.27. The highest BCUT2D eigenvalue weighted by Crippen LogP contribution is 2.59. The number of carbonyl (C=O) groups is 1. The van der Waals surface area contributed by atoms with E-state index >= 15 is 0 Å². The number of hydrogen-bond acceptors (Lipinski definition) is 1. The maximum Gasteiger partial charge on any atom is 0.133 e. The second kappa shape index (κ2) is 2.12. The van der Waals surface area contributed by atoms with Gasteiger partial charge in [-0.05, 0) is 42.4 Å². The van der Waals surface area contributed by atoms with Crippen LogP contribution in [-0.4, -0.2) is 5.78 Å². The number of rotatable bonds is 0. The lowest BCUT2D eigenvalue weighted by Crippen LogP contribution is -2.22. The lowest BCUT2D eigenvalue weighted by atomic mass is 9.77. The van der Waals surface area contributed by atoms with Gasteiger partial charge in [-0.1, -0.05) is 6.92 Å². The van der Waals surface area contributed by atoms with E-state index in [1.807, 2.05) is 0 Å². The van der Waals surface area contributed by atoms with Gasteiger partial charge < -0.3 is 0 Å². The number of carbonyl (C=O) groups excluding carboxylic acids is 1. The van der Waals surface area contributed by atoms with E-state index < -0.39 is 0 Å². The lowest BCUT2D eigenvalue weighted by molar-refractivity contribution is -0.118. The minimum atomic E-state index is 0.550. The molecule has 0 aromatic carbocycles. The summed E-state index contributed by atoms with van der Waals surface area (Å²) in [5.74, 6) is 4.95. The van der Waals surface area contributed by atoms with Crippen molar-refractivity contribution in [3.63, 3.8) is 0 Å². The van der Waals surface area contributed by atoms with Crippen molar-refractivity contribution in [3.05, 3.63) is 0 Å². The Morgan fingerprint density at radius 3 is 2.67 bits per heavy atom. The fourth-order valence-corrected chi connectivity index (χ4v) is 4.17. The van der Waals surface area contributed by atoms with Crippen molar-refractivity contribution in [3.8, 4) is 0 Å². The van der Waals surface area contributed by atoms with Crippen LogP contribution in [0, 0.1) is 29.6 Å². The Labute approximate surface area is 73.5 Å². The van der Waals surface area contributed by atoms with Gasteiger partial charge >= 0.3 is 0 Å². The lowest BCUT2D eigenvalue weighted by Gasteiger charge is -2.28. The van der Waals surface area contributed by atoms with Gasteiger partial charge in [0.2, 0.25) is 0 Å². The smallest absolute Gasteiger partial charge is 0.133 e. The van der Waals surface area contributed by atoms with E-state index in [1.165, 1.54) is 12.8 Å². The van der Waals surface area contributed by atoms with Crippen LogP contribution < -0.4 is 0 Å². The fraction of sp³-hybridized carbons (Fsp3) is 0.909. The first-order valence-corrected chi connectivity index (χ1v) is 5.27. The molecule has 5 atom stereocenters. The highest BCUT2D eigenvalue weighted by Gasteiger charge is 2.54. The van der Waals surface area contributed by atoms with Crippen LogP contribution in [-0.2, 0) is 4.79 Å². The number of fused-ring (bicyclic) bond motifs is 5. The van der Waals surface area contributed by atoms with Crippen molar-refractivity contribution < 1.29 is 4.79 Å². The summed E-state index contributed by atoms with van der Waals surface area (Å²) >= 11 is 0. The van der Waals surface area contributed by atoms with Gasteiger partial charge in [0.15, 0.2) is 0 Å². The van der Waals surface area contributed by atoms with Crippen LogP contribution in [0.5, 0.6) is 0 Å². The molecule has 3 rings (SSSR count). The molecule has 1 nitrogen and oxygen atoms in total. The summed E-state index contributed by atoms with van der Waals surface area (Å²) in [6, 6.07) is 0. The minimum absolute atomic E-state index is 0.550. The summed E-state index contributed by atoms with van der Waals surface area (Å²) in [6.07, 6.45) is 4.72. The van der Waals surface area contributed by atoms with Gasteiger partial charge in [0.05, 0.1) is 0 Å². The van der Waals surface area contributed by atoms with Gasteiger partial charge in [-0.25, -0.2) is 0 Å². The van der Waals surface area contributed by atoms with Crippen molar-refractivity contribution >= 4 is 5.78 Å². The minimum Gasteiger partial charge on any atom is -0.300 e. The van der Waals surface area contributed by atoms with E-state index in [0.29, 0.717) is 5.78 Å². The van der Waals surface area contributed by atoms with Crippen LogP contribution in [0.2, 0.25) is 0 Å². The topological polar surface area (TPSA) is 17.1 Å². The van der Waals surface area contributed by atoms with Gasteiger partial charge in [-0.2, -0.15) is 0 Å². The zero-order valence-electron chi connectivity index (χ0n) is 7.62. The average Bonchev–Trinajstić information content (AvgIpc) is 2.57. The Morgan fingerprint density at radius 1 is 1.08 bits per heavy atom. The predicted octanol–water partition coefficient (Wildman–Crippen LogP) is 2.26. The second-order valence-electron chi connectivity index (χ2n) is 5.15. The summed E-state index contributed by atoms with van der Waals surface area (Å²) in [4.78, 5) is 11.3. The Kier molecular flexibility index (Phi) is 1.26. The molecule has 0 N–H and O–H groups in total. The summed E-state index contributed by atoms with van der Waals surface area (Å²) in [5, 5.41) is 0. The van der Waals surface area contributed by atoms with Crippen molar-refractivity contribution in [2.24, 2.45) is 29.6 Å². The Hall–Kier alpha value is -0.330. The van der Waals surface area contributed by atoms with E-state index in [1.54, 1.807) is 0 Å². The van der Waals surface area contributed by atoms with E-state index in [2.05, 4.69) is 6.92 Å². The number of ketones is 1. The highest BCUT2D eigenvalue weighted by atomic mass is 16.1. The fourth-order valence-electron chi connectivity index (χ4n) is 4.17. The third-order valence-electron chi connectivity index (χ3n) is 4.61. The zero-order chi connectivity index (χ0) is 8.29. The van der Waals surface area contributed by atoms with Crippen molar-refractivity contribution in [2.75, 3.05) is 0 Å². The molecule has 3 aliphatic carbocycles. The van der Waals surface area contributed by atoms with Gasteiger partial charge in [0.25, 0.3) is 0 Å². The third-order valence-corrected chi connectivity index (χ3v) is 4.61.